The van der Waals surface area contributed by atoms with Crippen molar-refractivity contribution in [2.45, 2.75) is 52.1 Å². The monoisotopic (exact) mass is 213 g/mol. The van der Waals surface area contributed by atoms with Gasteiger partial charge in [0.05, 0.1) is 6.10 Å². The van der Waals surface area contributed by atoms with Crippen LogP contribution in [0.4, 0.5) is 0 Å². The number of carbonyl (C=O) groups is 1. The standard InChI is InChI=1S/C12H23NO2/c1-3-5-6-12(15)13-8-7-11(14)10(4-2)9-13/h10-11,14H,3-9H2,1-2H3. The van der Waals surface area contributed by atoms with Crippen molar-refractivity contribution in [1.82, 2.24) is 4.90 Å². The van der Waals surface area contributed by atoms with Crippen LogP contribution in [-0.2, 0) is 4.79 Å². The van der Waals surface area contributed by atoms with Crippen LogP contribution in [-0.4, -0.2) is 35.1 Å². The number of aliphatic hydroxyl groups excluding tert-OH is 1. The first-order chi connectivity index (χ1) is 7.19. The van der Waals surface area contributed by atoms with Gasteiger partial charge >= 0.3 is 0 Å². The van der Waals surface area contributed by atoms with Crippen LogP contribution in [0.1, 0.15) is 46.0 Å². The van der Waals surface area contributed by atoms with Gasteiger partial charge < -0.3 is 10.0 Å². The fourth-order valence-corrected chi connectivity index (χ4v) is 2.13. The molecule has 0 aromatic carbocycles. The fraction of sp³-hybridized carbons (Fsp3) is 0.917. The van der Waals surface area contributed by atoms with E-state index in [1.165, 1.54) is 0 Å². The Morgan fingerprint density at radius 2 is 2.20 bits per heavy atom. The van der Waals surface area contributed by atoms with Crippen molar-refractivity contribution in [3.8, 4) is 0 Å². The third-order valence-electron chi connectivity index (χ3n) is 3.32. The lowest BCUT2D eigenvalue weighted by atomic mass is 9.92. The van der Waals surface area contributed by atoms with Crippen LogP contribution in [0.3, 0.4) is 0 Å². The van der Waals surface area contributed by atoms with Crippen LogP contribution >= 0.6 is 0 Å². The molecular formula is C12H23NO2. The number of rotatable bonds is 4. The Hall–Kier alpha value is -0.570. The van der Waals surface area contributed by atoms with E-state index < -0.39 is 0 Å². The average Bonchev–Trinajstić information content (AvgIpc) is 2.26. The SMILES string of the molecule is CCCCC(=O)N1CCC(O)C(CC)C1. The maximum Gasteiger partial charge on any atom is 0.222 e. The summed E-state index contributed by atoms with van der Waals surface area (Å²) in [5, 5.41) is 9.71. The molecule has 1 heterocycles. The van der Waals surface area contributed by atoms with E-state index in [4.69, 9.17) is 0 Å². The Balaban J connectivity index is 2.40. The Morgan fingerprint density at radius 1 is 1.47 bits per heavy atom. The van der Waals surface area contributed by atoms with Gasteiger partial charge in [-0.05, 0) is 19.3 Å². The minimum atomic E-state index is -0.203. The van der Waals surface area contributed by atoms with Gasteiger partial charge in [0.25, 0.3) is 0 Å². The highest BCUT2D eigenvalue weighted by Gasteiger charge is 2.28. The first-order valence-electron chi connectivity index (χ1n) is 6.14. The molecule has 0 radical (unpaired) electrons. The van der Waals surface area contributed by atoms with Crippen molar-refractivity contribution in [2.24, 2.45) is 5.92 Å². The van der Waals surface area contributed by atoms with Crippen LogP contribution in [0.15, 0.2) is 0 Å². The molecule has 0 aromatic heterocycles. The summed E-state index contributed by atoms with van der Waals surface area (Å²) in [6.45, 7) is 5.66. The van der Waals surface area contributed by atoms with Crippen molar-refractivity contribution >= 4 is 5.91 Å². The number of carbonyl (C=O) groups excluding carboxylic acids is 1. The summed E-state index contributed by atoms with van der Waals surface area (Å²) in [7, 11) is 0. The van der Waals surface area contributed by atoms with Gasteiger partial charge in [0, 0.05) is 25.4 Å². The lowest BCUT2D eigenvalue weighted by Gasteiger charge is -2.35. The summed E-state index contributed by atoms with van der Waals surface area (Å²) in [6, 6.07) is 0. The van der Waals surface area contributed by atoms with Gasteiger partial charge in [-0.15, -0.1) is 0 Å². The zero-order valence-electron chi connectivity index (χ0n) is 9.91. The molecule has 0 saturated carbocycles. The number of likely N-dealkylation sites (tertiary alicyclic amines) is 1. The molecule has 3 nitrogen and oxygen atoms in total. The zero-order valence-corrected chi connectivity index (χ0v) is 9.91. The molecule has 1 N–H and O–H groups in total. The average molecular weight is 213 g/mol. The summed E-state index contributed by atoms with van der Waals surface area (Å²) in [4.78, 5) is 13.7. The summed E-state index contributed by atoms with van der Waals surface area (Å²) < 4.78 is 0. The summed E-state index contributed by atoms with van der Waals surface area (Å²) >= 11 is 0. The molecule has 1 amide bonds. The van der Waals surface area contributed by atoms with Crippen LogP contribution < -0.4 is 0 Å². The highest BCUT2D eigenvalue weighted by Crippen LogP contribution is 2.20. The normalized spacial score (nSPS) is 26.7. The maximum atomic E-state index is 11.8. The second-order valence-electron chi connectivity index (χ2n) is 4.47. The number of hydrogen-bond acceptors (Lipinski definition) is 2. The van der Waals surface area contributed by atoms with Crippen LogP contribution in [0.25, 0.3) is 0 Å². The Morgan fingerprint density at radius 3 is 2.80 bits per heavy atom. The lowest BCUT2D eigenvalue weighted by molar-refractivity contribution is -0.135. The second-order valence-corrected chi connectivity index (χ2v) is 4.47. The van der Waals surface area contributed by atoms with Crippen molar-refractivity contribution in [3.63, 3.8) is 0 Å². The highest BCUT2D eigenvalue weighted by molar-refractivity contribution is 5.76. The van der Waals surface area contributed by atoms with E-state index >= 15 is 0 Å². The van der Waals surface area contributed by atoms with Gasteiger partial charge in [0.1, 0.15) is 0 Å². The van der Waals surface area contributed by atoms with Crippen molar-refractivity contribution in [3.05, 3.63) is 0 Å². The van der Waals surface area contributed by atoms with Gasteiger partial charge in [0.15, 0.2) is 0 Å². The molecular weight excluding hydrogens is 190 g/mol. The number of aliphatic hydroxyl groups is 1. The van der Waals surface area contributed by atoms with Gasteiger partial charge in [-0.3, -0.25) is 4.79 Å². The van der Waals surface area contributed by atoms with Crippen molar-refractivity contribution < 1.29 is 9.90 Å². The van der Waals surface area contributed by atoms with Crippen molar-refractivity contribution in [2.75, 3.05) is 13.1 Å². The van der Waals surface area contributed by atoms with E-state index in [9.17, 15) is 9.90 Å². The van der Waals surface area contributed by atoms with E-state index in [2.05, 4.69) is 13.8 Å². The van der Waals surface area contributed by atoms with Crippen LogP contribution in [0.2, 0.25) is 0 Å². The largest absolute Gasteiger partial charge is 0.393 e. The topological polar surface area (TPSA) is 40.5 Å². The molecule has 88 valence electrons. The number of nitrogens with zero attached hydrogens (tertiary/aromatic N) is 1. The first-order valence-corrected chi connectivity index (χ1v) is 6.14. The Kier molecular flexibility index (Phi) is 5.09. The van der Waals surface area contributed by atoms with E-state index in [1.807, 2.05) is 4.90 Å². The Bertz CT molecular complexity index is 206. The number of amides is 1. The van der Waals surface area contributed by atoms with E-state index in [1.54, 1.807) is 0 Å². The Labute approximate surface area is 92.5 Å². The molecule has 1 saturated heterocycles. The van der Waals surface area contributed by atoms with Crippen LogP contribution in [0.5, 0.6) is 0 Å². The molecule has 2 atom stereocenters. The molecule has 0 spiro atoms. The third-order valence-corrected chi connectivity index (χ3v) is 3.32. The molecule has 1 fully saturated rings. The minimum Gasteiger partial charge on any atom is -0.393 e. The van der Waals surface area contributed by atoms with Gasteiger partial charge in [-0.1, -0.05) is 20.3 Å². The zero-order chi connectivity index (χ0) is 11.3. The van der Waals surface area contributed by atoms with E-state index in [-0.39, 0.29) is 17.9 Å². The smallest absolute Gasteiger partial charge is 0.222 e. The molecule has 2 unspecified atom stereocenters. The number of hydrogen-bond donors (Lipinski definition) is 1. The van der Waals surface area contributed by atoms with Gasteiger partial charge in [0.2, 0.25) is 5.91 Å². The molecule has 0 aromatic rings. The molecule has 0 aliphatic carbocycles. The van der Waals surface area contributed by atoms with Gasteiger partial charge in [-0.2, -0.15) is 0 Å². The van der Waals surface area contributed by atoms with Crippen LogP contribution in [0, 0.1) is 5.92 Å². The fourth-order valence-electron chi connectivity index (χ4n) is 2.13. The number of piperidine rings is 1. The lowest BCUT2D eigenvalue weighted by Crippen LogP contribution is -2.45. The van der Waals surface area contributed by atoms with Gasteiger partial charge in [-0.25, -0.2) is 0 Å². The summed E-state index contributed by atoms with van der Waals surface area (Å²) in [5.74, 6) is 0.548. The molecule has 15 heavy (non-hydrogen) atoms. The van der Waals surface area contributed by atoms with E-state index in [0.29, 0.717) is 6.42 Å². The molecule has 1 aliphatic rings. The quantitative estimate of drug-likeness (QED) is 0.773. The number of unbranched alkanes of at least 4 members (excludes halogenated alkanes) is 1. The van der Waals surface area contributed by atoms with Crippen molar-refractivity contribution in [1.29, 1.82) is 0 Å². The maximum absolute atomic E-state index is 11.8. The predicted octanol–water partition coefficient (Wildman–Crippen LogP) is 1.80. The highest BCUT2D eigenvalue weighted by atomic mass is 16.3. The molecule has 1 aliphatic heterocycles. The second kappa shape index (κ2) is 6.11. The minimum absolute atomic E-state index is 0.203. The predicted molar refractivity (Wildman–Crippen MR) is 60.5 cm³/mol. The molecule has 3 heteroatoms. The molecule has 0 bridgehead atoms. The first kappa shape index (κ1) is 12.5. The van der Waals surface area contributed by atoms with E-state index in [0.717, 1.165) is 38.8 Å². The summed E-state index contributed by atoms with van der Waals surface area (Å²) in [6.07, 6.45) is 4.22. The molecule has 1 rings (SSSR count). The third kappa shape index (κ3) is 3.49. The summed E-state index contributed by atoms with van der Waals surface area (Å²) in [5.41, 5.74) is 0.